The molecular weight excluding hydrogens is 351 g/mol. The second-order valence-electron chi connectivity index (χ2n) is 4.31. The highest BCUT2D eigenvalue weighted by Crippen LogP contribution is 2.34. The lowest BCUT2D eigenvalue weighted by Crippen LogP contribution is -2.33. The van der Waals surface area contributed by atoms with Crippen molar-refractivity contribution in [3.05, 3.63) is 56.7 Å². The fourth-order valence-corrected chi connectivity index (χ4v) is 3.98. The van der Waals surface area contributed by atoms with Gasteiger partial charge in [0.05, 0.1) is 0 Å². The standard InChI is InChI=1S/C14H13BrCl2S/c15-12-4-1-3-11(7-12)14(9-16,10-17)8-13-5-2-6-18-13/h1-7H,8-10H2. The van der Waals surface area contributed by atoms with E-state index in [0.717, 1.165) is 10.9 Å². The van der Waals surface area contributed by atoms with E-state index in [1.54, 1.807) is 11.3 Å². The van der Waals surface area contributed by atoms with Gasteiger partial charge in [-0.3, -0.25) is 0 Å². The second-order valence-corrected chi connectivity index (χ2v) is 6.80. The molecule has 2 rings (SSSR count). The minimum Gasteiger partial charge on any atom is -0.149 e. The Morgan fingerprint density at radius 1 is 1.11 bits per heavy atom. The van der Waals surface area contributed by atoms with E-state index in [1.165, 1.54) is 10.4 Å². The van der Waals surface area contributed by atoms with Crippen molar-refractivity contribution in [2.45, 2.75) is 11.8 Å². The van der Waals surface area contributed by atoms with Crippen LogP contribution in [-0.4, -0.2) is 11.8 Å². The van der Waals surface area contributed by atoms with E-state index in [-0.39, 0.29) is 5.41 Å². The maximum absolute atomic E-state index is 6.23. The molecule has 1 aromatic heterocycles. The van der Waals surface area contributed by atoms with Crippen molar-refractivity contribution in [2.75, 3.05) is 11.8 Å². The van der Waals surface area contributed by atoms with Crippen LogP contribution in [0, 0.1) is 0 Å². The Morgan fingerprint density at radius 2 is 1.89 bits per heavy atom. The third-order valence-corrected chi connectivity index (χ3v) is 5.43. The van der Waals surface area contributed by atoms with E-state index in [4.69, 9.17) is 23.2 Å². The summed E-state index contributed by atoms with van der Waals surface area (Å²) in [5.74, 6) is 1.04. The van der Waals surface area contributed by atoms with Crippen molar-refractivity contribution >= 4 is 50.5 Å². The van der Waals surface area contributed by atoms with Crippen molar-refractivity contribution in [3.8, 4) is 0 Å². The van der Waals surface area contributed by atoms with Crippen molar-refractivity contribution in [1.82, 2.24) is 0 Å². The Morgan fingerprint density at radius 3 is 2.44 bits per heavy atom. The third-order valence-electron chi connectivity index (χ3n) is 3.04. The number of rotatable bonds is 5. The molecule has 18 heavy (non-hydrogen) atoms. The quantitative estimate of drug-likeness (QED) is 0.618. The van der Waals surface area contributed by atoms with Crippen molar-refractivity contribution in [3.63, 3.8) is 0 Å². The van der Waals surface area contributed by atoms with Crippen LogP contribution in [0.5, 0.6) is 0 Å². The first kappa shape index (κ1) is 14.4. The SMILES string of the molecule is ClCC(CCl)(Cc1cccs1)c1cccc(Br)c1. The van der Waals surface area contributed by atoms with Crippen LogP contribution in [0.25, 0.3) is 0 Å². The van der Waals surface area contributed by atoms with Crippen molar-refractivity contribution < 1.29 is 0 Å². The maximum atomic E-state index is 6.23. The Kier molecular flexibility index (Phi) is 5.14. The Hall–Kier alpha value is -0.0200. The number of alkyl halides is 2. The number of halogens is 3. The molecule has 0 saturated carbocycles. The predicted molar refractivity (Wildman–Crippen MR) is 85.3 cm³/mol. The zero-order chi connectivity index (χ0) is 13.0. The van der Waals surface area contributed by atoms with E-state index in [0.29, 0.717) is 11.8 Å². The highest BCUT2D eigenvalue weighted by atomic mass is 79.9. The zero-order valence-electron chi connectivity index (χ0n) is 9.70. The molecule has 0 aliphatic carbocycles. The van der Waals surface area contributed by atoms with Crippen molar-refractivity contribution in [2.24, 2.45) is 0 Å². The minimum atomic E-state index is -0.197. The van der Waals surface area contributed by atoms with E-state index >= 15 is 0 Å². The highest BCUT2D eigenvalue weighted by Gasteiger charge is 2.31. The molecule has 2 aromatic rings. The molecule has 0 aliphatic heterocycles. The molecule has 0 radical (unpaired) electrons. The Bertz CT molecular complexity index is 492. The van der Waals surface area contributed by atoms with Gasteiger partial charge in [-0.2, -0.15) is 0 Å². The van der Waals surface area contributed by atoms with Gasteiger partial charge in [0, 0.05) is 26.5 Å². The summed E-state index contributed by atoms with van der Waals surface area (Å²) in [6, 6.07) is 12.5. The second kappa shape index (κ2) is 6.42. The van der Waals surface area contributed by atoms with Crippen LogP contribution < -0.4 is 0 Å². The lowest BCUT2D eigenvalue weighted by Gasteiger charge is -2.30. The molecule has 0 aliphatic rings. The van der Waals surface area contributed by atoms with Gasteiger partial charge in [-0.05, 0) is 35.6 Å². The van der Waals surface area contributed by atoms with Crippen LogP contribution in [0.2, 0.25) is 0 Å². The van der Waals surface area contributed by atoms with Crippen LogP contribution in [-0.2, 0) is 11.8 Å². The predicted octanol–water partition coefficient (Wildman–Crippen LogP) is 5.47. The molecule has 1 heterocycles. The molecule has 0 unspecified atom stereocenters. The van der Waals surface area contributed by atoms with Gasteiger partial charge >= 0.3 is 0 Å². The molecule has 0 saturated heterocycles. The van der Waals surface area contributed by atoms with Crippen LogP contribution in [0.1, 0.15) is 10.4 Å². The molecular formula is C14H13BrCl2S. The minimum absolute atomic E-state index is 0.197. The summed E-state index contributed by atoms with van der Waals surface area (Å²) in [5.41, 5.74) is 0.993. The zero-order valence-corrected chi connectivity index (χ0v) is 13.6. The fraction of sp³-hybridized carbons (Fsp3) is 0.286. The third kappa shape index (κ3) is 3.11. The van der Waals surface area contributed by atoms with Gasteiger partial charge in [-0.15, -0.1) is 34.5 Å². The summed E-state index contributed by atoms with van der Waals surface area (Å²) in [5, 5.41) is 2.09. The number of thiophene rings is 1. The molecule has 0 atom stereocenters. The Balaban J connectivity index is 2.37. The topological polar surface area (TPSA) is 0 Å². The lowest BCUT2D eigenvalue weighted by molar-refractivity contribution is 0.541. The normalized spacial score (nSPS) is 11.7. The molecule has 0 nitrogen and oxygen atoms in total. The smallest absolute Gasteiger partial charge is 0.0335 e. The van der Waals surface area contributed by atoms with E-state index in [2.05, 4.69) is 45.6 Å². The van der Waals surface area contributed by atoms with Crippen molar-refractivity contribution in [1.29, 1.82) is 0 Å². The summed E-state index contributed by atoms with van der Waals surface area (Å²) >= 11 is 17.7. The number of hydrogen-bond donors (Lipinski definition) is 0. The summed E-state index contributed by atoms with van der Waals surface area (Å²) in [6.45, 7) is 0. The summed E-state index contributed by atoms with van der Waals surface area (Å²) < 4.78 is 1.06. The van der Waals surface area contributed by atoms with Gasteiger partial charge in [0.25, 0.3) is 0 Å². The maximum Gasteiger partial charge on any atom is 0.0335 e. The van der Waals surface area contributed by atoms with Gasteiger partial charge in [0.2, 0.25) is 0 Å². The van der Waals surface area contributed by atoms with Gasteiger partial charge in [-0.1, -0.05) is 34.1 Å². The van der Waals surface area contributed by atoms with Crippen LogP contribution in [0.3, 0.4) is 0 Å². The summed E-state index contributed by atoms with van der Waals surface area (Å²) in [6.07, 6.45) is 0.883. The van der Waals surface area contributed by atoms with Gasteiger partial charge < -0.3 is 0 Å². The summed E-state index contributed by atoms with van der Waals surface area (Å²) in [4.78, 5) is 1.32. The molecule has 0 spiro atoms. The molecule has 0 amide bonds. The first-order valence-electron chi connectivity index (χ1n) is 5.60. The number of hydrogen-bond acceptors (Lipinski definition) is 1. The first-order valence-corrected chi connectivity index (χ1v) is 8.35. The molecule has 0 fully saturated rings. The summed E-state index contributed by atoms with van der Waals surface area (Å²) in [7, 11) is 0. The van der Waals surface area contributed by atoms with Gasteiger partial charge in [0.15, 0.2) is 0 Å². The van der Waals surface area contributed by atoms with E-state index in [1.807, 2.05) is 12.1 Å². The average Bonchev–Trinajstić information content (AvgIpc) is 2.89. The highest BCUT2D eigenvalue weighted by molar-refractivity contribution is 9.10. The average molecular weight is 364 g/mol. The monoisotopic (exact) mass is 362 g/mol. The van der Waals surface area contributed by atoms with E-state index in [9.17, 15) is 0 Å². The molecule has 4 heteroatoms. The first-order chi connectivity index (χ1) is 8.70. The lowest BCUT2D eigenvalue weighted by atomic mass is 9.80. The van der Waals surface area contributed by atoms with Gasteiger partial charge in [-0.25, -0.2) is 0 Å². The van der Waals surface area contributed by atoms with Gasteiger partial charge in [0.1, 0.15) is 0 Å². The largest absolute Gasteiger partial charge is 0.149 e. The van der Waals surface area contributed by atoms with Crippen LogP contribution in [0.4, 0.5) is 0 Å². The molecule has 1 aromatic carbocycles. The Labute approximate surface area is 130 Å². The molecule has 96 valence electrons. The van der Waals surface area contributed by atoms with E-state index < -0.39 is 0 Å². The van der Waals surface area contributed by atoms with Crippen LogP contribution in [0.15, 0.2) is 46.3 Å². The molecule has 0 N–H and O–H groups in total. The van der Waals surface area contributed by atoms with Crippen LogP contribution >= 0.6 is 50.5 Å². The molecule has 0 bridgehead atoms. The number of benzene rings is 1. The fourth-order valence-electron chi connectivity index (χ4n) is 1.95.